The van der Waals surface area contributed by atoms with Crippen molar-refractivity contribution < 1.29 is 19.4 Å². The van der Waals surface area contributed by atoms with Crippen molar-refractivity contribution in [1.82, 2.24) is 0 Å². The summed E-state index contributed by atoms with van der Waals surface area (Å²) in [5, 5.41) is 9.42. The first-order valence-electron chi connectivity index (χ1n) is 5.31. The zero-order valence-corrected chi connectivity index (χ0v) is 9.26. The van der Waals surface area contributed by atoms with Crippen molar-refractivity contribution in [2.75, 3.05) is 0 Å². The molecule has 0 radical (unpaired) electrons. The minimum atomic E-state index is -0.879. The molecule has 0 aromatic heterocycles. The van der Waals surface area contributed by atoms with Crippen LogP contribution in [-0.2, 0) is 14.3 Å². The molecule has 0 aromatic carbocycles. The molecule has 0 aromatic rings. The van der Waals surface area contributed by atoms with Crippen LogP contribution in [0.5, 0.6) is 0 Å². The average Bonchev–Trinajstić information content (AvgIpc) is 2.15. The number of hydrogen-bond acceptors (Lipinski definition) is 4. The lowest BCUT2D eigenvalue weighted by atomic mass is 10.1. The third-order valence-electron chi connectivity index (χ3n) is 2.16. The van der Waals surface area contributed by atoms with Crippen LogP contribution in [0.4, 0.5) is 0 Å². The summed E-state index contributed by atoms with van der Waals surface area (Å²) >= 11 is 0. The molecular formula is C12H16O4. The Labute approximate surface area is 94.6 Å². The summed E-state index contributed by atoms with van der Waals surface area (Å²) in [7, 11) is 0. The van der Waals surface area contributed by atoms with E-state index in [1.807, 2.05) is 0 Å². The molecule has 0 bridgehead atoms. The van der Waals surface area contributed by atoms with Crippen LogP contribution in [0.3, 0.4) is 0 Å². The molecule has 1 N–H and O–H groups in total. The molecule has 1 rings (SSSR count). The van der Waals surface area contributed by atoms with Gasteiger partial charge in [-0.25, -0.2) is 0 Å². The Kier molecular flexibility index (Phi) is 4.92. The predicted octanol–water partition coefficient (Wildman–Crippen LogP) is 1.14. The lowest BCUT2D eigenvalue weighted by Crippen LogP contribution is -2.19. The summed E-state index contributed by atoms with van der Waals surface area (Å²) in [5.74, 6) is -0.451. The van der Waals surface area contributed by atoms with Crippen LogP contribution in [0.15, 0.2) is 24.3 Å². The lowest BCUT2D eigenvalue weighted by Gasteiger charge is -2.12. The zero-order valence-electron chi connectivity index (χ0n) is 9.26. The first-order chi connectivity index (χ1) is 7.58. The third-order valence-corrected chi connectivity index (χ3v) is 2.16. The molecule has 1 aliphatic heterocycles. The number of aliphatic hydroxyl groups excluding tert-OH is 1. The van der Waals surface area contributed by atoms with Crippen molar-refractivity contribution in [3.63, 3.8) is 0 Å². The number of carbonyl (C=O) groups is 2. The van der Waals surface area contributed by atoms with Crippen molar-refractivity contribution in [2.45, 2.75) is 38.4 Å². The SMILES string of the molecule is C[C@@H]1C/C=C\C(=O)C/C=C\[C@@H](O)CC(=O)O1. The van der Waals surface area contributed by atoms with Gasteiger partial charge in [-0.2, -0.15) is 0 Å². The van der Waals surface area contributed by atoms with Gasteiger partial charge < -0.3 is 9.84 Å². The minimum Gasteiger partial charge on any atom is -0.462 e. The first-order valence-corrected chi connectivity index (χ1v) is 5.31. The molecular weight excluding hydrogens is 208 g/mol. The van der Waals surface area contributed by atoms with Gasteiger partial charge in [0.25, 0.3) is 0 Å². The Morgan fingerprint density at radius 3 is 2.88 bits per heavy atom. The Bertz CT molecular complexity index is 317. The minimum absolute atomic E-state index is 0.0254. The highest BCUT2D eigenvalue weighted by atomic mass is 16.5. The topological polar surface area (TPSA) is 63.6 Å². The number of aliphatic hydroxyl groups is 1. The molecule has 0 saturated heterocycles. The van der Waals surface area contributed by atoms with Crippen LogP contribution in [0.2, 0.25) is 0 Å². The Morgan fingerprint density at radius 1 is 1.38 bits per heavy atom. The number of cyclic esters (lactones) is 1. The molecule has 0 saturated carbocycles. The molecule has 1 aliphatic rings. The third kappa shape index (κ3) is 4.89. The molecule has 0 spiro atoms. The molecule has 0 amide bonds. The largest absolute Gasteiger partial charge is 0.462 e. The highest BCUT2D eigenvalue weighted by Gasteiger charge is 2.13. The zero-order chi connectivity index (χ0) is 12.0. The number of ketones is 1. The van der Waals surface area contributed by atoms with E-state index in [4.69, 9.17) is 4.74 Å². The van der Waals surface area contributed by atoms with Gasteiger partial charge in [0.1, 0.15) is 6.10 Å². The van der Waals surface area contributed by atoms with Crippen LogP contribution in [0.25, 0.3) is 0 Å². The van der Waals surface area contributed by atoms with Gasteiger partial charge in [0.15, 0.2) is 5.78 Å². The van der Waals surface area contributed by atoms with E-state index in [9.17, 15) is 14.7 Å². The number of ether oxygens (including phenoxy) is 1. The smallest absolute Gasteiger partial charge is 0.309 e. The molecule has 16 heavy (non-hydrogen) atoms. The van der Waals surface area contributed by atoms with Gasteiger partial charge in [0.2, 0.25) is 0 Å². The lowest BCUT2D eigenvalue weighted by molar-refractivity contribution is -0.149. The van der Waals surface area contributed by atoms with E-state index in [2.05, 4.69) is 0 Å². The summed E-state index contributed by atoms with van der Waals surface area (Å²) in [6.07, 6.45) is 5.72. The molecule has 4 nitrogen and oxygen atoms in total. The summed E-state index contributed by atoms with van der Waals surface area (Å²) in [6, 6.07) is 0. The summed E-state index contributed by atoms with van der Waals surface area (Å²) in [5.41, 5.74) is 0. The van der Waals surface area contributed by atoms with Crippen molar-refractivity contribution in [3.05, 3.63) is 24.3 Å². The second-order valence-corrected chi connectivity index (χ2v) is 3.81. The van der Waals surface area contributed by atoms with Crippen LogP contribution < -0.4 is 0 Å². The Morgan fingerprint density at radius 2 is 2.12 bits per heavy atom. The van der Waals surface area contributed by atoms with Crippen LogP contribution in [0, 0.1) is 0 Å². The second-order valence-electron chi connectivity index (χ2n) is 3.81. The van der Waals surface area contributed by atoms with E-state index in [1.54, 1.807) is 19.1 Å². The van der Waals surface area contributed by atoms with Crippen molar-refractivity contribution in [1.29, 1.82) is 0 Å². The maximum Gasteiger partial charge on any atom is 0.309 e. The van der Waals surface area contributed by atoms with Crippen molar-refractivity contribution in [2.24, 2.45) is 0 Å². The number of esters is 1. The van der Waals surface area contributed by atoms with E-state index in [-0.39, 0.29) is 24.7 Å². The molecule has 1 heterocycles. The standard InChI is InChI=1S/C12H16O4/c1-9-4-2-5-10(13)6-3-7-11(14)8-12(15)16-9/h2-3,5,7,9,11,14H,4,6,8H2,1H3/b5-2-,7-3-/t9-,11-/m1/s1. The maximum absolute atomic E-state index is 11.3. The molecule has 2 atom stereocenters. The number of carbonyl (C=O) groups excluding carboxylic acids is 2. The second kappa shape index (κ2) is 6.23. The van der Waals surface area contributed by atoms with E-state index in [0.29, 0.717) is 6.42 Å². The summed E-state index contributed by atoms with van der Waals surface area (Å²) < 4.78 is 5.03. The normalized spacial score (nSPS) is 32.1. The molecule has 88 valence electrons. The fourth-order valence-corrected chi connectivity index (χ4v) is 1.36. The Hall–Kier alpha value is -1.42. The molecule has 4 heteroatoms. The Balaban J connectivity index is 2.67. The highest BCUT2D eigenvalue weighted by molar-refractivity contribution is 5.90. The van der Waals surface area contributed by atoms with Gasteiger partial charge in [-0.15, -0.1) is 0 Å². The summed E-state index contributed by atoms with van der Waals surface area (Å²) in [4.78, 5) is 22.5. The monoisotopic (exact) mass is 224 g/mol. The maximum atomic E-state index is 11.3. The van der Waals surface area contributed by atoms with Crippen LogP contribution in [0.1, 0.15) is 26.2 Å². The van der Waals surface area contributed by atoms with Gasteiger partial charge in [-0.05, 0) is 13.0 Å². The van der Waals surface area contributed by atoms with E-state index >= 15 is 0 Å². The van der Waals surface area contributed by atoms with Crippen molar-refractivity contribution in [3.8, 4) is 0 Å². The van der Waals surface area contributed by atoms with Crippen LogP contribution >= 0.6 is 0 Å². The van der Waals surface area contributed by atoms with Gasteiger partial charge in [-0.3, -0.25) is 9.59 Å². The van der Waals surface area contributed by atoms with Gasteiger partial charge in [-0.1, -0.05) is 18.2 Å². The number of allylic oxidation sites excluding steroid dienone is 2. The van der Waals surface area contributed by atoms with E-state index in [1.165, 1.54) is 12.2 Å². The van der Waals surface area contributed by atoms with Crippen LogP contribution in [-0.4, -0.2) is 29.1 Å². The average molecular weight is 224 g/mol. The fraction of sp³-hybridized carbons (Fsp3) is 0.500. The number of rotatable bonds is 0. The van der Waals surface area contributed by atoms with E-state index in [0.717, 1.165) is 0 Å². The van der Waals surface area contributed by atoms with Gasteiger partial charge in [0.05, 0.1) is 12.5 Å². The highest BCUT2D eigenvalue weighted by Crippen LogP contribution is 2.06. The quantitative estimate of drug-likeness (QED) is 0.495. The van der Waals surface area contributed by atoms with E-state index < -0.39 is 12.1 Å². The van der Waals surface area contributed by atoms with Gasteiger partial charge in [0, 0.05) is 12.8 Å². The fourth-order valence-electron chi connectivity index (χ4n) is 1.36. The van der Waals surface area contributed by atoms with Crippen molar-refractivity contribution >= 4 is 11.8 Å². The summed E-state index contributed by atoms with van der Waals surface area (Å²) in [6.45, 7) is 1.75. The van der Waals surface area contributed by atoms with Gasteiger partial charge >= 0.3 is 5.97 Å². The number of hydrogen-bond donors (Lipinski definition) is 1. The molecule has 0 fully saturated rings. The molecule has 0 unspecified atom stereocenters. The predicted molar refractivity (Wildman–Crippen MR) is 58.7 cm³/mol. The first kappa shape index (κ1) is 12.6. The molecule has 0 aliphatic carbocycles.